The number of fused-ring (bicyclic) bond motifs is 3. The van der Waals surface area contributed by atoms with Crippen LogP contribution in [0.2, 0.25) is 0 Å². The van der Waals surface area contributed by atoms with Crippen molar-refractivity contribution >= 4 is 23.6 Å². The van der Waals surface area contributed by atoms with E-state index >= 15 is 0 Å². The maximum Gasteiger partial charge on any atom is 0.173 e. The summed E-state index contributed by atoms with van der Waals surface area (Å²) in [7, 11) is 0. The molecule has 1 heterocycles. The Morgan fingerprint density at radius 3 is 2.42 bits per heavy atom. The predicted octanol–water partition coefficient (Wildman–Crippen LogP) is 5.57. The van der Waals surface area contributed by atoms with Gasteiger partial charge < -0.3 is 9.83 Å². The van der Waals surface area contributed by atoms with Crippen molar-refractivity contribution in [1.29, 1.82) is 0 Å². The van der Waals surface area contributed by atoms with E-state index in [0.29, 0.717) is 17.2 Å². The first-order valence-electron chi connectivity index (χ1n) is 10.5. The van der Waals surface area contributed by atoms with Gasteiger partial charge >= 0.3 is 0 Å². The zero-order chi connectivity index (χ0) is 17.9. The molecule has 1 aliphatic heterocycles. The van der Waals surface area contributed by atoms with Crippen LogP contribution < -0.4 is 4.72 Å². The number of amidine groups is 1. The van der Waals surface area contributed by atoms with Crippen LogP contribution in [0.15, 0.2) is 26.9 Å². The van der Waals surface area contributed by atoms with Crippen molar-refractivity contribution in [3.63, 3.8) is 0 Å². The fourth-order valence-electron chi connectivity index (χ4n) is 4.78. The third-order valence-electron chi connectivity index (χ3n) is 6.37. The topological polar surface area (TPSA) is 61.7 Å². The van der Waals surface area contributed by atoms with E-state index in [0.717, 1.165) is 57.1 Å². The van der Waals surface area contributed by atoms with Crippen molar-refractivity contribution in [2.75, 3.05) is 0 Å². The molecule has 4 rings (SSSR count). The second-order valence-corrected chi connectivity index (χ2v) is 9.08. The van der Waals surface area contributed by atoms with E-state index in [4.69, 9.17) is 4.99 Å². The first-order valence-corrected chi connectivity index (χ1v) is 11.3. The third-order valence-corrected chi connectivity index (χ3v) is 7.35. The summed E-state index contributed by atoms with van der Waals surface area (Å²) in [5.74, 6) is 1.22. The standard InChI is InChI=1S/C21H30N2O2S/c24-19-14-8-4-2-1-3-5-9-15(13-12-14)20(25)18(19)21-22-16-10-6-7-11-17(16)26-23-21/h14-15,24H,1-13H2,(H,22,23). The number of nitrogens with one attached hydrogen (secondary N) is 1. The van der Waals surface area contributed by atoms with E-state index in [1.807, 2.05) is 0 Å². The van der Waals surface area contributed by atoms with E-state index in [-0.39, 0.29) is 17.6 Å². The second kappa shape index (κ2) is 8.20. The van der Waals surface area contributed by atoms with Crippen molar-refractivity contribution in [1.82, 2.24) is 4.72 Å². The van der Waals surface area contributed by atoms with Gasteiger partial charge in [-0.25, -0.2) is 4.99 Å². The Morgan fingerprint density at radius 1 is 0.885 bits per heavy atom. The van der Waals surface area contributed by atoms with Crippen molar-refractivity contribution in [3.8, 4) is 0 Å². The van der Waals surface area contributed by atoms with E-state index in [1.54, 1.807) is 11.9 Å². The van der Waals surface area contributed by atoms with Gasteiger partial charge in [-0.15, -0.1) is 0 Å². The number of aliphatic imine (C=N–C) groups is 1. The Bertz CT molecular complexity index is 665. The highest BCUT2D eigenvalue weighted by Gasteiger charge is 2.36. The fraction of sp³-hybridized carbons (Fsp3) is 0.714. The van der Waals surface area contributed by atoms with Crippen LogP contribution in [-0.4, -0.2) is 16.7 Å². The molecular formula is C21H30N2O2S. The van der Waals surface area contributed by atoms with Crippen LogP contribution in [0.25, 0.3) is 0 Å². The van der Waals surface area contributed by atoms with E-state index < -0.39 is 0 Å². The van der Waals surface area contributed by atoms with Crippen molar-refractivity contribution in [2.24, 2.45) is 16.8 Å². The third kappa shape index (κ3) is 3.73. The number of hydrogen-bond donors (Lipinski definition) is 2. The summed E-state index contributed by atoms with van der Waals surface area (Å²) in [6, 6.07) is 0. The van der Waals surface area contributed by atoms with E-state index in [2.05, 4.69) is 4.72 Å². The Balaban J connectivity index is 1.70. The second-order valence-electron chi connectivity index (χ2n) is 8.18. The molecule has 2 N–H and O–H groups in total. The van der Waals surface area contributed by atoms with Gasteiger partial charge in [-0.2, -0.15) is 0 Å². The lowest BCUT2D eigenvalue weighted by Crippen LogP contribution is -2.31. The lowest BCUT2D eigenvalue weighted by molar-refractivity contribution is -0.119. The maximum absolute atomic E-state index is 13.3. The van der Waals surface area contributed by atoms with Crippen LogP contribution in [0.3, 0.4) is 0 Å². The average Bonchev–Trinajstić information content (AvgIpc) is 2.81. The molecule has 1 saturated carbocycles. The highest BCUT2D eigenvalue weighted by Crippen LogP contribution is 2.39. The summed E-state index contributed by atoms with van der Waals surface area (Å²) in [5.41, 5.74) is 1.63. The molecule has 5 heteroatoms. The molecule has 1 fully saturated rings. The first kappa shape index (κ1) is 18.1. The summed E-state index contributed by atoms with van der Waals surface area (Å²) in [6.45, 7) is 0. The minimum Gasteiger partial charge on any atom is -0.511 e. The molecule has 4 aliphatic rings. The van der Waals surface area contributed by atoms with Gasteiger partial charge in [0.25, 0.3) is 0 Å². The highest BCUT2D eigenvalue weighted by molar-refractivity contribution is 8.01. The summed E-state index contributed by atoms with van der Waals surface area (Å²) >= 11 is 1.61. The molecule has 2 unspecified atom stereocenters. The van der Waals surface area contributed by atoms with Crippen molar-refractivity contribution in [2.45, 2.75) is 83.5 Å². The average molecular weight is 375 g/mol. The molecule has 4 nitrogen and oxygen atoms in total. The van der Waals surface area contributed by atoms with Gasteiger partial charge in [-0.1, -0.05) is 32.1 Å². The van der Waals surface area contributed by atoms with Crippen LogP contribution in [0, 0.1) is 11.8 Å². The number of aliphatic hydroxyl groups is 1. The fourth-order valence-corrected chi connectivity index (χ4v) is 5.66. The molecule has 0 aromatic carbocycles. The van der Waals surface area contributed by atoms with Crippen molar-refractivity contribution in [3.05, 3.63) is 21.9 Å². The Labute approximate surface area is 160 Å². The molecule has 0 radical (unpaired) electrons. The predicted molar refractivity (Wildman–Crippen MR) is 107 cm³/mol. The normalized spacial score (nSPS) is 30.9. The number of carbonyl (C=O) groups is 1. The minimum absolute atomic E-state index is 0.0477. The van der Waals surface area contributed by atoms with Gasteiger partial charge in [0.05, 0.1) is 11.3 Å². The summed E-state index contributed by atoms with van der Waals surface area (Å²) in [5, 5.41) is 11.1. The summed E-state index contributed by atoms with van der Waals surface area (Å²) in [6.07, 6.45) is 14.2. The molecule has 2 atom stereocenters. The van der Waals surface area contributed by atoms with Crippen LogP contribution >= 0.6 is 11.9 Å². The van der Waals surface area contributed by atoms with Gasteiger partial charge in [-0.3, -0.25) is 4.79 Å². The number of nitrogens with zero attached hydrogens (tertiary/aromatic N) is 1. The SMILES string of the molecule is O=C1C(C2=NC3=C(CCCC3)SN2)=C(O)C2CCCCCCCC1CC2. The number of carbonyl (C=O) groups excluding carboxylic acids is 1. The number of Topliss-reactive ketones (excluding diaryl/α,β-unsaturated/α-hetero) is 1. The Morgan fingerprint density at radius 2 is 1.58 bits per heavy atom. The summed E-state index contributed by atoms with van der Waals surface area (Å²) < 4.78 is 3.30. The molecule has 2 bridgehead atoms. The van der Waals surface area contributed by atoms with E-state index in [1.165, 1.54) is 37.0 Å². The van der Waals surface area contributed by atoms with Crippen LogP contribution in [-0.2, 0) is 4.79 Å². The largest absolute Gasteiger partial charge is 0.511 e. The zero-order valence-electron chi connectivity index (χ0n) is 15.6. The van der Waals surface area contributed by atoms with Crippen LogP contribution in [0.5, 0.6) is 0 Å². The maximum atomic E-state index is 13.3. The molecule has 3 aliphatic carbocycles. The molecular weight excluding hydrogens is 344 g/mol. The molecule has 0 spiro atoms. The zero-order valence-corrected chi connectivity index (χ0v) is 16.4. The Kier molecular flexibility index (Phi) is 5.72. The van der Waals surface area contributed by atoms with Gasteiger partial charge in [0.15, 0.2) is 11.6 Å². The number of rotatable bonds is 1. The molecule has 26 heavy (non-hydrogen) atoms. The summed E-state index contributed by atoms with van der Waals surface area (Å²) in [4.78, 5) is 19.5. The van der Waals surface area contributed by atoms with Crippen LogP contribution in [0.1, 0.15) is 83.5 Å². The quantitative estimate of drug-likeness (QED) is 0.589. The molecule has 0 aromatic rings. The number of hydrogen-bond acceptors (Lipinski definition) is 5. The lowest BCUT2D eigenvalue weighted by Gasteiger charge is -2.25. The smallest absolute Gasteiger partial charge is 0.173 e. The number of ketones is 1. The molecule has 0 amide bonds. The van der Waals surface area contributed by atoms with Crippen LogP contribution in [0.4, 0.5) is 0 Å². The lowest BCUT2D eigenvalue weighted by atomic mass is 9.89. The van der Waals surface area contributed by atoms with Gasteiger partial charge in [0, 0.05) is 16.7 Å². The monoisotopic (exact) mass is 374 g/mol. The molecule has 142 valence electrons. The van der Waals surface area contributed by atoms with Crippen molar-refractivity contribution < 1.29 is 9.90 Å². The number of aliphatic hydroxyl groups excluding tert-OH is 1. The van der Waals surface area contributed by atoms with Gasteiger partial charge in [0.2, 0.25) is 0 Å². The van der Waals surface area contributed by atoms with Gasteiger partial charge in [0.1, 0.15) is 5.76 Å². The first-order chi connectivity index (χ1) is 12.7. The van der Waals surface area contributed by atoms with Gasteiger partial charge in [-0.05, 0) is 63.3 Å². The minimum atomic E-state index is 0.0477. The Hall–Kier alpha value is -1.23. The highest BCUT2D eigenvalue weighted by atomic mass is 32.2. The number of allylic oxidation sites excluding steroid dienone is 3. The molecule has 0 saturated heterocycles. The molecule has 0 aromatic heterocycles. The van der Waals surface area contributed by atoms with E-state index in [9.17, 15) is 9.90 Å².